The zero-order valence-corrected chi connectivity index (χ0v) is 51.4. The average Bonchev–Trinajstić information content (AvgIpc) is 1.71. The molecule has 0 saturated heterocycles. The van der Waals surface area contributed by atoms with E-state index in [4.69, 9.17) is 62.6 Å². The van der Waals surface area contributed by atoms with E-state index in [1.54, 1.807) is 60.7 Å². The number of nitrogens with one attached hydrogen (secondary N) is 1. The maximum Gasteiger partial charge on any atom is 0.329 e. The molecule has 0 bridgehead atoms. The second-order valence-electron chi connectivity index (χ2n) is 21.3. The highest BCUT2D eigenvalue weighted by molar-refractivity contribution is 7.80. The average molecular weight is 1280 g/mol. The van der Waals surface area contributed by atoms with Crippen LogP contribution in [0.3, 0.4) is 0 Å². The monoisotopic (exact) mass is 1280 g/mol. The van der Waals surface area contributed by atoms with Gasteiger partial charge in [-0.3, -0.25) is 39.1 Å². The second-order valence-corrected chi connectivity index (χ2v) is 23.2. The number of esters is 2. The number of carbonyl (C=O) groups excluding carboxylic acids is 3. The Morgan fingerprint density at radius 2 is 1.10 bits per heavy atom. The molecule has 6 aliphatic rings. The fourth-order valence-corrected chi connectivity index (χ4v) is 10.9. The van der Waals surface area contributed by atoms with Gasteiger partial charge in [-0.05, 0) is 135 Å². The minimum atomic E-state index is -0.486. The molecule has 1 unspecified atom stereocenters. The van der Waals surface area contributed by atoms with Gasteiger partial charge in [-0.25, -0.2) is 23.8 Å². The van der Waals surface area contributed by atoms with Gasteiger partial charge in [0, 0.05) is 90.0 Å². The first kappa shape index (κ1) is 63.5. The van der Waals surface area contributed by atoms with Gasteiger partial charge in [0.05, 0.1) is 49.3 Å². The van der Waals surface area contributed by atoms with E-state index < -0.39 is 12.0 Å². The summed E-state index contributed by atoms with van der Waals surface area (Å²) in [6, 6.07) is 36.1. The van der Waals surface area contributed by atoms with Gasteiger partial charge in [0.25, 0.3) is 0 Å². The lowest BCUT2D eigenvalue weighted by molar-refractivity contribution is -0.141. The van der Waals surface area contributed by atoms with Gasteiger partial charge in [0.15, 0.2) is 11.6 Å². The molecule has 14 rings (SSSR count). The summed E-state index contributed by atoms with van der Waals surface area (Å²) in [5.74, 6) is 7.37. The van der Waals surface area contributed by atoms with Crippen LogP contribution in [0.25, 0.3) is 11.4 Å². The first-order valence-electron chi connectivity index (χ1n) is 28.6. The first-order valence-corrected chi connectivity index (χ1v) is 30.1. The number of carbonyl (C=O) groups is 3. The number of hydrogen-bond acceptors (Lipinski definition) is 14. The van der Waals surface area contributed by atoms with Crippen molar-refractivity contribution in [2.24, 2.45) is 26.7 Å². The topological polar surface area (TPSA) is 206 Å². The summed E-state index contributed by atoms with van der Waals surface area (Å²) in [4.78, 5) is 47.0. The number of aliphatic imine (C=N–C) groups is 3. The highest BCUT2D eigenvalue weighted by atomic mass is 35.5. The van der Waals surface area contributed by atoms with Crippen molar-refractivity contribution in [3.63, 3.8) is 0 Å². The van der Waals surface area contributed by atoms with Crippen molar-refractivity contribution >= 4 is 86.9 Å². The molecule has 3 fully saturated rings. The number of benzene rings is 6. The number of hydrogen-bond donors (Lipinski definition) is 2. The van der Waals surface area contributed by atoms with Crippen molar-refractivity contribution < 1.29 is 37.0 Å². The third-order valence-corrected chi connectivity index (χ3v) is 16.0. The Bertz CT molecular complexity index is 4120. The molecular weight excluding hydrogens is 1220 g/mol. The van der Waals surface area contributed by atoms with Gasteiger partial charge in [0.2, 0.25) is 5.91 Å². The summed E-state index contributed by atoms with van der Waals surface area (Å²) in [5, 5.41) is 19.3. The zero-order valence-electron chi connectivity index (χ0n) is 48.3. The summed E-state index contributed by atoms with van der Waals surface area (Å²) >= 11 is 24.0. The smallest absolute Gasteiger partial charge is 0.329 e. The van der Waals surface area contributed by atoms with Crippen LogP contribution in [-0.2, 0) is 36.8 Å². The highest BCUT2D eigenvalue weighted by Crippen LogP contribution is 2.44. The van der Waals surface area contributed by atoms with Crippen molar-refractivity contribution in [2.75, 3.05) is 20.8 Å². The second kappa shape index (κ2) is 28.7. The van der Waals surface area contributed by atoms with E-state index in [1.165, 1.54) is 32.4 Å². The molecule has 89 heavy (non-hydrogen) atoms. The molecule has 16 nitrogen and oxygen atoms in total. The molecule has 23 heteroatoms. The quantitative estimate of drug-likeness (QED) is 0.0329. The van der Waals surface area contributed by atoms with Crippen LogP contribution < -0.4 is 11.3 Å². The Balaban J connectivity index is 0.000000136. The van der Waals surface area contributed by atoms with E-state index in [1.807, 2.05) is 53.1 Å². The SMILES string of the molecule is C=CC(=O)OC.COC(=O)CCC1N=C(c2ccccc2F)c2cc(Cl)ccc2-n2c(C3CC3)nnc21.Fc1ccccc1C1=NCC(=S)Cc2ccc(Cl)cc21.Fc1ccccc1C1=NCc2nnc(C3CC3)n2-c2ccc(Cl)cc21.NNC(=O)C1CC1. The number of aromatic nitrogens is 6. The molecule has 5 heterocycles. The van der Waals surface area contributed by atoms with E-state index in [0.717, 1.165) is 95.0 Å². The predicted molar refractivity (Wildman–Crippen MR) is 340 cm³/mol. The van der Waals surface area contributed by atoms with Gasteiger partial charge in [-0.1, -0.05) is 96.1 Å². The van der Waals surface area contributed by atoms with E-state index in [9.17, 15) is 27.6 Å². The third-order valence-electron chi connectivity index (χ3n) is 15.0. The van der Waals surface area contributed by atoms with Crippen LogP contribution in [0, 0.1) is 23.4 Å². The molecule has 6 aromatic carbocycles. The van der Waals surface area contributed by atoms with Crippen molar-refractivity contribution in [1.29, 1.82) is 0 Å². The van der Waals surface area contributed by atoms with E-state index >= 15 is 0 Å². The van der Waals surface area contributed by atoms with Crippen LogP contribution >= 0.6 is 47.0 Å². The number of fused-ring (bicyclic) bond motifs is 7. The zero-order chi connectivity index (χ0) is 62.9. The van der Waals surface area contributed by atoms with E-state index in [-0.39, 0.29) is 41.7 Å². The van der Waals surface area contributed by atoms with Crippen LogP contribution in [0.5, 0.6) is 0 Å². The number of nitrogens with zero attached hydrogens (tertiary/aromatic N) is 9. The van der Waals surface area contributed by atoms with E-state index in [2.05, 4.69) is 51.7 Å². The lowest BCUT2D eigenvalue weighted by atomic mass is 9.96. The Hall–Kier alpha value is -8.53. The Kier molecular flexibility index (Phi) is 20.5. The fourth-order valence-electron chi connectivity index (χ4n) is 10.2. The number of rotatable bonds is 10. The Labute approximate surface area is 531 Å². The summed E-state index contributed by atoms with van der Waals surface area (Å²) in [6.45, 7) is 3.95. The molecule has 3 N–H and O–H groups in total. The normalized spacial score (nSPS) is 15.8. The number of methoxy groups -OCH3 is 2. The van der Waals surface area contributed by atoms with Crippen LogP contribution in [0.4, 0.5) is 13.2 Å². The van der Waals surface area contributed by atoms with Crippen molar-refractivity contribution in [3.05, 3.63) is 235 Å². The third kappa shape index (κ3) is 15.1. The van der Waals surface area contributed by atoms with Crippen molar-refractivity contribution in [1.82, 2.24) is 35.0 Å². The van der Waals surface area contributed by atoms with Crippen molar-refractivity contribution in [3.8, 4) is 11.4 Å². The molecule has 8 aromatic rings. The van der Waals surface area contributed by atoms with Crippen LogP contribution in [0.1, 0.15) is 131 Å². The number of hydrazine groups is 1. The number of thiocarbonyl (C=S) groups is 1. The van der Waals surface area contributed by atoms with E-state index in [0.29, 0.717) is 98.0 Å². The summed E-state index contributed by atoms with van der Waals surface area (Å²) in [7, 11) is 2.67. The molecule has 0 spiro atoms. The number of amides is 1. The standard InChI is InChI=1S/C23H20ClFN4O2.C19H14ClFN4.C16H11ClFNS.C4H8N2O.C4H6O2/c1-31-20(30)11-9-18-23-28-27-22(13-6-7-13)29(23)19-10-8-14(24)12-16(19)21(26-18)15-4-2-3-5-17(15)25;20-12-7-8-16-14(9-12)18(13-3-1-2-4-15(13)21)22-10-17-23-24-19(25(16)17)11-5-6-11;17-11-6-5-10-7-12(20)9-19-16(14(10)8-11)13-3-1-2-4-15(13)18;5-6-4(7)3-1-2-3;1-3-4(5)6-2/h2-5,8,10,12-13,18H,6-7,9,11H2,1H3;1-4,7-9,11H,5-6,10H2;1-6,8H,7,9H2;3H,1-2,5H2,(H,6,7);3H,1H2,2H3. The lowest BCUT2D eigenvalue weighted by Gasteiger charge is -2.14. The van der Waals surface area contributed by atoms with Gasteiger partial charge >= 0.3 is 11.9 Å². The van der Waals surface area contributed by atoms with Gasteiger partial charge < -0.3 is 9.47 Å². The predicted octanol–water partition coefficient (Wildman–Crippen LogP) is 13.0. The molecule has 3 saturated carbocycles. The molecule has 3 aliphatic carbocycles. The van der Waals surface area contributed by atoms with Gasteiger partial charge in [0.1, 0.15) is 41.7 Å². The molecule has 1 amide bonds. The number of nitrogens with two attached hydrogens (primary N) is 1. The summed E-state index contributed by atoms with van der Waals surface area (Å²) in [6.07, 6.45) is 8.70. The lowest BCUT2D eigenvalue weighted by Crippen LogP contribution is -2.31. The van der Waals surface area contributed by atoms with Gasteiger partial charge in [-0.2, -0.15) is 0 Å². The minimum Gasteiger partial charge on any atom is -0.469 e. The molecule has 3 aliphatic heterocycles. The maximum absolute atomic E-state index is 14.8. The minimum absolute atomic E-state index is 0.0139. The van der Waals surface area contributed by atoms with Gasteiger partial charge in [-0.15, -0.1) is 20.4 Å². The fraction of sp³-hybridized carbons (Fsp3) is 0.258. The van der Waals surface area contributed by atoms with Crippen LogP contribution in [0.15, 0.2) is 155 Å². The number of halogens is 6. The van der Waals surface area contributed by atoms with Crippen LogP contribution in [0.2, 0.25) is 15.1 Å². The first-order chi connectivity index (χ1) is 43.1. The van der Waals surface area contributed by atoms with Crippen molar-refractivity contribution in [2.45, 2.75) is 82.2 Å². The summed E-state index contributed by atoms with van der Waals surface area (Å²) in [5.41, 5.74) is 10.3. The Morgan fingerprint density at radius 3 is 1.61 bits per heavy atom. The largest absolute Gasteiger partial charge is 0.469 e. The molecule has 1 atom stereocenters. The molecule has 0 radical (unpaired) electrons. The maximum atomic E-state index is 14.8. The highest BCUT2D eigenvalue weighted by Gasteiger charge is 2.37. The van der Waals surface area contributed by atoms with Crippen LogP contribution in [-0.4, -0.2) is 90.1 Å². The number of ether oxygens (including phenoxy) is 2. The summed E-state index contributed by atoms with van der Waals surface area (Å²) < 4.78 is 56.4. The molecule has 2 aromatic heterocycles. The molecule has 456 valence electrons. The Morgan fingerprint density at radius 1 is 0.618 bits per heavy atom. The molecular formula is C66H59Cl3F3N11O5S.